The second-order valence-electron chi connectivity index (χ2n) is 6.23. The van der Waals surface area contributed by atoms with Gasteiger partial charge < -0.3 is 24.7 Å². The van der Waals surface area contributed by atoms with Crippen molar-refractivity contribution in [1.29, 1.82) is 0 Å². The van der Waals surface area contributed by atoms with Gasteiger partial charge in [0.2, 0.25) is 0 Å². The first-order chi connectivity index (χ1) is 12.9. The van der Waals surface area contributed by atoms with E-state index in [1.165, 1.54) is 16.9 Å². The predicted octanol–water partition coefficient (Wildman–Crippen LogP) is 1.56. The van der Waals surface area contributed by atoms with Crippen molar-refractivity contribution in [3.63, 3.8) is 0 Å². The highest BCUT2D eigenvalue weighted by atomic mass is 16.5. The number of hydrogen-bond acceptors (Lipinski definition) is 5. The van der Waals surface area contributed by atoms with E-state index >= 15 is 0 Å². The summed E-state index contributed by atoms with van der Waals surface area (Å²) < 4.78 is 6.39. The van der Waals surface area contributed by atoms with Gasteiger partial charge in [-0.25, -0.2) is 14.4 Å². The van der Waals surface area contributed by atoms with Crippen molar-refractivity contribution < 1.29 is 29.3 Å². The molecular formula is C17H20N4O6. The first-order valence-electron chi connectivity index (χ1n) is 8.43. The fraction of sp³-hybridized carbons (Fsp3) is 0.412. The number of carbonyl (C=O) groups is 3. The van der Waals surface area contributed by atoms with Crippen LogP contribution in [-0.4, -0.2) is 80.7 Å². The van der Waals surface area contributed by atoms with Crippen LogP contribution in [0.1, 0.15) is 16.9 Å². The first kappa shape index (κ1) is 18.5. The van der Waals surface area contributed by atoms with Crippen LogP contribution in [-0.2, 0) is 11.3 Å². The Hall–Kier alpha value is -3.30. The van der Waals surface area contributed by atoms with Crippen molar-refractivity contribution >= 4 is 29.1 Å². The lowest BCUT2D eigenvalue weighted by molar-refractivity contribution is 0.0586. The summed E-state index contributed by atoms with van der Waals surface area (Å²) in [6, 6.07) is 6.70. The third kappa shape index (κ3) is 3.64. The highest BCUT2D eigenvalue weighted by molar-refractivity contribution is 6.02. The summed E-state index contributed by atoms with van der Waals surface area (Å²) in [6.07, 6.45) is -1.78. The quantitative estimate of drug-likeness (QED) is 0.776. The maximum atomic E-state index is 12.0. The summed E-state index contributed by atoms with van der Waals surface area (Å²) in [7, 11) is 1.28. The molecule has 2 heterocycles. The van der Waals surface area contributed by atoms with E-state index in [1.807, 2.05) is 12.1 Å². The average Bonchev–Trinajstić information content (AvgIpc) is 3.04. The average molecular weight is 376 g/mol. The molecule has 10 nitrogen and oxygen atoms in total. The maximum absolute atomic E-state index is 12.0. The molecule has 27 heavy (non-hydrogen) atoms. The Morgan fingerprint density at radius 1 is 1.19 bits per heavy atom. The van der Waals surface area contributed by atoms with Crippen LogP contribution in [0.4, 0.5) is 9.59 Å². The second-order valence-corrected chi connectivity index (χ2v) is 6.23. The van der Waals surface area contributed by atoms with Gasteiger partial charge in [-0.3, -0.25) is 4.68 Å². The van der Waals surface area contributed by atoms with Crippen LogP contribution in [0, 0.1) is 0 Å². The molecule has 1 aromatic heterocycles. The normalized spacial score (nSPS) is 17.1. The summed E-state index contributed by atoms with van der Waals surface area (Å²) in [5.74, 6) is -0.549. The molecule has 0 aliphatic carbocycles. The Labute approximate surface area is 154 Å². The molecule has 2 aromatic rings. The zero-order chi connectivity index (χ0) is 19.6. The van der Waals surface area contributed by atoms with Crippen LogP contribution in [0.15, 0.2) is 24.3 Å². The minimum absolute atomic E-state index is 0.102. The number of rotatable bonds is 4. The van der Waals surface area contributed by atoms with Gasteiger partial charge in [0.25, 0.3) is 0 Å². The molecular weight excluding hydrogens is 356 g/mol. The van der Waals surface area contributed by atoms with Crippen LogP contribution in [0.2, 0.25) is 0 Å². The molecule has 144 valence electrons. The zero-order valence-electron chi connectivity index (χ0n) is 14.7. The van der Waals surface area contributed by atoms with Gasteiger partial charge in [0.1, 0.15) is 0 Å². The summed E-state index contributed by atoms with van der Waals surface area (Å²) in [4.78, 5) is 37.1. The number of para-hydroxylation sites is 1. The molecule has 1 aliphatic rings. The van der Waals surface area contributed by atoms with E-state index in [0.717, 1.165) is 5.52 Å². The lowest BCUT2D eigenvalue weighted by atomic mass is 10.1. The summed E-state index contributed by atoms with van der Waals surface area (Å²) in [5, 5.41) is 23.5. The van der Waals surface area contributed by atoms with Crippen molar-refractivity contribution in [1.82, 2.24) is 19.6 Å². The Balaban J connectivity index is 1.83. The van der Waals surface area contributed by atoms with Gasteiger partial charge in [-0.15, -0.1) is 0 Å². The number of benzene rings is 1. The van der Waals surface area contributed by atoms with E-state index in [-0.39, 0.29) is 25.3 Å². The smallest absolute Gasteiger partial charge is 0.407 e. The molecule has 0 saturated carbocycles. The Bertz CT molecular complexity index is 879. The number of amides is 2. The molecule has 1 fully saturated rings. The minimum atomic E-state index is -1.08. The molecule has 2 amide bonds. The number of aryl methyl sites for hydroxylation is 1. The van der Waals surface area contributed by atoms with E-state index < -0.39 is 24.2 Å². The predicted molar refractivity (Wildman–Crippen MR) is 93.8 cm³/mol. The number of aromatic nitrogens is 2. The fourth-order valence-corrected chi connectivity index (χ4v) is 3.34. The fourth-order valence-electron chi connectivity index (χ4n) is 3.34. The van der Waals surface area contributed by atoms with E-state index in [4.69, 9.17) is 4.74 Å². The van der Waals surface area contributed by atoms with E-state index in [2.05, 4.69) is 5.10 Å². The van der Waals surface area contributed by atoms with E-state index in [1.54, 1.807) is 16.8 Å². The van der Waals surface area contributed by atoms with Gasteiger partial charge >= 0.3 is 18.2 Å². The molecule has 1 aliphatic heterocycles. The maximum Gasteiger partial charge on any atom is 0.407 e. The van der Waals surface area contributed by atoms with E-state index in [0.29, 0.717) is 18.4 Å². The Morgan fingerprint density at radius 2 is 1.93 bits per heavy atom. The Kier molecular flexibility index (Phi) is 5.15. The molecule has 2 N–H and O–H groups in total. The number of piperazine rings is 1. The first-order valence-corrected chi connectivity index (χ1v) is 8.43. The minimum Gasteiger partial charge on any atom is -0.465 e. The number of esters is 1. The van der Waals surface area contributed by atoms with Gasteiger partial charge in [0.05, 0.1) is 18.7 Å². The lowest BCUT2D eigenvalue weighted by Crippen LogP contribution is -2.56. The molecule has 0 bridgehead atoms. The van der Waals surface area contributed by atoms with Crippen molar-refractivity contribution in [2.75, 3.05) is 26.7 Å². The number of methoxy groups -OCH3 is 1. The Morgan fingerprint density at radius 3 is 2.59 bits per heavy atom. The van der Waals surface area contributed by atoms with Gasteiger partial charge in [0, 0.05) is 31.6 Å². The topological polar surface area (TPSA) is 125 Å². The molecule has 3 rings (SSSR count). The van der Waals surface area contributed by atoms with E-state index in [9.17, 15) is 24.6 Å². The van der Waals surface area contributed by atoms with Gasteiger partial charge in [-0.2, -0.15) is 5.10 Å². The third-order valence-electron chi connectivity index (χ3n) is 4.71. The SMILES string of the molecule is COC(=O)c1nn(CC[C@@H]2CN(C(=O)O)CCN2C(=O)O)c2ccccc12. The van der Waals surface area contributed by atoms with Crippen molar-refractivity contribution in [2.24, 2.45) is 0 Å². The molecule has 0 spiro atoms. The van der Waals surface area contributed by atoms with Crippen LogP contribution in [0.25, 0.3) is 10.9 Å². The standard InChI is InChI=1S/C17H20N4O6/c1-27-15(22)14-12-4-2-3-5-13(12)21(18-14)7-6-11-10-19(16(23)24)8-9-20(11)17(25)26/h2-5,11H,6-10H2,1H3,(H,23,24)(H,25,26)/t11-/m1/s1. The molecule has 10 heteroatoms. The summed E-state index contributed by atoms with van der Waals surface area (Å²) >= 11 is 0. The van der Waals surface area contributed by atoms with Crippen LogP contribution in [0.5, 0.6) is 0 Å². The number of ether oxygens (including phenoxy) is 1. The van der Waals surface area contributed by atoms with Crippen molar-refractivity contribution in [3.05, 3.63) is 30.0 Å². The highest BCUT2D eigenvalue weighted by Crippen LogP contribution is 2.21. The number of carboxylic acid groups (broad SMARTS) is 2. The van der Waals surface area contributed by atoms with Gasteiger partial charge in [-0.05, 0) is 12.5 Å². The summed E-state index contributed by atoms with van der Waals surface area (Å²) in [5.41, 5.74) is 0.921. The van der Waals surface area contributed by atoms with Crippen LogP contribution in [0.3, 0.4) is 0 Å². The van der Waals surface area contributed by atoms with Crippen LogP contribution >= 0.6 is 0 Å². The third-order valence-corrected chi connectivity index (χ3v) is 4.71. The molecule has 1 aromatic carbocycles. The molecule has 1 saturated heterocycles. The number of fused-ring (bicyclic) bond motifs is 1. The molecule has 1 atom stereocenters. The monoisotopic (exact) mass is 376 g/mol. The number of carbonyl (C=O) groups excluding carboxylic acids is 1. The lowest BCUT2D eigenvalue weighted by Gasteiger charge is -2.38. The molecule has 0 radical (unpaired) electrons. The van der Waals surface area contributed by atoms with Crippen molar-refractivity contribution in [2.45, 2.75) is 19.0 Å². The highest BCUT2D eigenvalue weighted by Gasteiger charge is 2.32. The number of hydrogen-bond donors (Lipinski definition) is 2. The zero-order valence-corrected chi connectivity index (χ0v) is 14.7. The largest absolute Gasteiger partial charge is 0.465 e. The van der Waals surface area contributed by atoms with Gasteiger partial charge in [-0.1, -0.05) is 18.2 Å². The molecule has 0 unspecified atom stereocenters. The number of nitrogens with zero attached hydrogens (tertiary/aromatic N) is 4. The van der Waals surface area contributed by atoms with Gasteiger partial charge in [0.15, 0.2) is 5.69 Å². The second kappa shape index (κ2) is 7.52. The van der Waals surface area contributed by atoms with Crippen molar-refractivity contribution in [3.8, 4) is 0 Å². The van der Waals surface area contributed by atoms with Crippen LogP contribution < -0.4 is 0 Å². The summed E-state index contributed by atoms with van der Waals surface area (Å²) in [6.45, 7) is 0.707.